The van der Waals surface area contributed by atoms with E-state index in [0.29, 0.717) is 56.3 Å². The summed E-state index contributed by atoms with van der Waals surface area (Å²) in [7, 11) is 0. The van der Waals surface area contributed by atoms with Gasteiger partial charge in [-0.15, -0.1) is 0 Å². The van der Waals surface area contributed by atoms with E-state index in [4.69, 9.17) is 14.2 Å². The molecule has 0 unspecified atom stereocenters. The van der Waals surface area contributed by atoms with Crippen LogP contribution in [0.5, 0.6) is 5.75 Å². The Hall–Kier alpha value is -4.20. The third kappa shape index (κ3) is 14.7. The first-order valence-corrected chi connectivity index (χ1v) is 20.8. The average molecular weight is 769 g/mol. The molecule has 3 aromatic carbocycles. The minimum absolute atomic E-state index is 0.122. The summed E-state index contributed by atoms with van der Waals surface area (Å²) in [6, 6.07) is 20.3. The summed E-state index contributed by atoms with van der Waals surface area (Å²) in [6.07, 6.45) is 12.1. The Balaban J connectivity index is 1.96. The van der Waals surface area contributed by atoms with Crippen LogP contribution in [0.1, 0.15) is 119 Å². The molecule has 0 atom stereocenters. The lowest BCUT2D eigenvalue weighted by atomic mass is 9.82. The molecule has 0 saturated heterocycles. The number of carbonyl (C=O) groups excluding carboxylic acids is 2. The van der Waals surface area contributed by atoms with Crippen molar-refractivity contribution in [1.82, 2.24) is 0 Å². The quantitative estimate of drug-likeness (QED) is 0.0452. The fraction of sp³-hybridized carbons (Fsp3) is 0.510. The summed E-state index contributed by atoms with van der Waals surface area (Å²) >= 11 is 0. The van der Waals surface area contributed by atoms with Crippen molar-refractivity contribution in [2.75, 3.05) is 33.0 Å². The van der Waals surface area contributed by atoms with Crippen LogP contribution in [0.25, 0.3) is 11.1 Å². The van der Waals surface area contributed by atoms with Crippen molar-refractivity contribution in [3.63, 3.8) is 0 Å². The lowest BCUT2D eigenvalue weighted by Crippen LogP contribution is -2.31. The zero-order valence-electron chi connectivity index (χ0n) is 35.0. The topological polar surface area (TPSA) is 102 Å². The van der Waals surface area contributed by atoms with Crippen molar-refractivity contribution in [2.24, 2.45) is 5.41 Å². The van der Waals surface area contributed by atoms with Crippen LogP contribution in [-0.2, 0) is 57.6 Å². The first kappa shape index (κ1) is 46.2. The highest BCUT2D eigenvalue weighted by Gasteiger charge is 2.28. The molecule has 0 heterocycles. The van der Waals surface area contributed by atoms with Crippen molar-refractivity contribution in [1.29, 1.82) is 0 Å². The van der Waals surface area contributed by atoms with Crippen LogP contribution in [0.4, 0.5) is 0 Å². The van der Waals surface area contributed by atoms with Crippen molar-refractivity contribution in [3.8, 4) is 16.9 Å². The number of aliphatic hydroxyl groups excluding tert-OH is 2. The molecule has 0 aliphatic carbocycles. The third-order valence-corrected chi connectivity index (χ3v) is 10.6. The van der Waals surface area contributed by atoms with Crippen LogP contribution >= 0.6 is 0 Å². The smallest absolute Gasteiger partial charge is 0.333 e. The number of aliphatic hydroxyl groups is 2. The van der Waals surface area contributed by atoms with E-state index >= 15 is 0 Å². The number of hydrogen-bond donors (Lipinski definition) is 2. The van der Waals surface area contributed by atoms with Crippen LogP contribution in [0.15, 0.2) is 78.9 Å². The van der Waals surface area contributed by atoms with Gasteiger partial charge in [-0.25, -0.2) is 9.59 Å². The molecule has 7 nitrogen and oxygen atoms in total. The molecular formula is C49H68O7. The second-order valence-electron chi connectivity index (χ2n) is 15.4. The molecule has 0 spiro atoms. The maximum absolute atomic E-state index is 12.2. The molecule has 3 rings (SSSR count). The minimum Gasteiger partial charge on any atom is -0.493 e. The van der Waals surface area contributed by atoms with Crippen molar-refractivity contribution >= 4 is 11.9 Å². The van der Waals surface area contributed by atoms with Gasteiger partial charge in [-0.3, -0.25) is 0 Å². The predicted octanol–water partition coefficient (Wildman–Crippen LogP) is 10.1. The number of ether oxygens (including phenoxy) is 3. The molecule has 56 heavy (non-hydrogen) atoms. The van der Waals surface area contributed by atoms with E-state index in [2.05, 4.69) is 81.6 Å². The van der Waals surface area contributed by atoms with E-state index in [1.165, 1.54) is 41.5 Å². The van der Waals surface area contributed by atoms with Crippen LogP contribution in [0.2, 0.25) is 0 Å². The molecule has 3 aromatic rings. The van der Waals surface area contributed by atoms with E-state index in [1.807, 2.05) is 6.92 Å². The lowest BCUT2D eigenvalue weighted by molar-refractivity contribution is -0.139. The number of carbonyl (C=O) groups is 2. The number of aryl methyl sites for hydroxylation is 6. The van der Waals surface area contributed by atoms with Gasteiger partial charge in [0.25, 0.3) is 0 Å². The first-order chi connectivity index (χ1) is 27.0. The molecule has 0 fully saturated rings. The summed E-state index contributed by atoms with van der Waals surface area (Å²) in [4.78, 5) is 24.3. The Labute approximate surface area is 337 Å². The monoisotopic (exact) mass is 768 g/mol. The maximum atomic E-state index is 12.2. The zero-order chi connectivity index (χ0) is 40.9. The number of benzene rings is 3. The molecule has 306 valence electrons. The molecule has 0 aliphatic rings. The number of esters is 2. The summed E-state index contributed by atoms with van der Waals surface area (Å²) in [5.74, 6) is -0.0706. The zero-order valence-corrected chi connectivity index (χ0v) is 35.0. The molecule has 0 aromatic heterocycles. The Morgan fingerprint density at radius 3 is 1.64 bits per heavy atom. The highest BCUT2D eigenvalue weighted by molar-refractivity contribution is 5.87. The predicted molar refractivity (Wildman–Crippen MR) is 228 cm³/mol. The standard InChI is InChI=1S/C49H68O7/c1-8-11-12-15-38-18-20-39(21-19-38)22-23-40-24-25-45(41(10-3)31-40)44-32-42(16-13-28-55-47(52)36(4)5)46(54-30-27-49(34-50,35-51)26-9-2)43(33-44)17-14-29-56-48(53)37(6)7/h18-21,24-25,31-33,50-51H,4,6,8-17,22-23,26-30,34-35H2,1-3,5,7H3. The Morgan fingerprint density at radius 2 is 1.14 bits per heavy atom. The molecule has 0 amide bonds. The van der Waals surface area contributed by atoms with Gasteiger partial charge in [-0.05, 0) is 141 Å². The lowest BCUT2D eigenvalue weighted by Gasteiger charge is -2.30. The van der Waals surface area contributed by atoms with E-state index in [1.54, 1.807) is 13.8 Å². The van der Waals surface area contributed by atoms with Gasteiger partial charge in [0, 0.05) is 16.6 Å². The Morgan fingerprint density at radius 1 is 0.607 bits per heavy atom. The highest BCUT2D eigenvalue weighted by Crippen LogP contribution is 2.36. The van der Waals surface area contributed by atoms with Gasteiger partial charge in [0.1, 0.15) is 5.75 Å². The number of rotatable bonds is 27. The second-order valence-corrected chi connectivity index (χ2v) is 15.4. The van der Waals surface area contributed by atoms with Gasteiger partial charge < -0.3 is 24.4 Å². The molecular weight excluding hydrogens is 701 g/mol. The first-order valence-electron chi connectivity index (χ1n) is 20.8. The van der Waals surface area contributed by atoms with Crippen molar-refractivity contribution in [3.05, 3.63) is 112 Å². The second kappa shape index (κ2) is 24.4. The summed E-state index contributed by atoms with van der Waals surface area (Å²) in [6.45, 7) is 17.7. The molecule has 7 heteroatoms. The minimum atomic E-state index is -0.627. The van der Waals surface area contributed by atoms with Gasteiger partial charge in [0.05, 0.1) is 33.0 Å². The third-order valence-electron chi connectivity index (χ3n) is 10.6. The van der Waals surface area contributed by atoms with Crippen molar-refractivity contribution in [2.45, 2.75) is 125 Å². The normalized spacial score (nSPS) is 11.3. The van der Waals surface area contributed by atoms with Crippen LogP contribution < -0.4 is 4.74 Å². The van der Waals surface area contributed by atoms with Crippen LogP contribution in [0.3, 0.4) is 0 Å². The molecule has 0 radical (unpaired) electrons. The fourth-order valence-corrected chi connectivity index (χ4v) is 7.08. The number of unbranched alkanes of at least 4 members (excludes halogenated alkanes) is 2. The van der Waals surface area contributed by atoms with E-state index in [0.717, 1.165) is 60.1 Å². The largest absolute Gasteiger partial charge is 0.493 e. The van der Waals surface area contributed by atoms with E-state index in [9.17, 15) is 19.8 Å². The molecule has 0 saturated carbocycles. The summed E-state index contributed by atoms with van der Waals surface area (Å²) < 4.78 is 17.5. The fourth-order valence-electron chi connectivity index (χ4n) is 7.08. The average Bonchev–Trinajstić information content (AvgIpc) is 3.20. The highest BCUT2D eigenvalue weighted by atomic mass is 16.5. The molecule has 0 bridgehead atoms. The molecule has 2 N–H and O–H groups in total. The van der Waals surface area contributed by atoms with Crippen LogP contribution in [-0.4, -0.2) is 55.2 Å². The van der Waals surface area contributed by atoms with Gasteiger partial charge in [-0.1, -0.05) is 95.7 Å². The Bertz CT molecular complexity index is 1640. The number of hydrogen-bond acceptors (Lipinski definition) is 7. The Kier molecular flexibility index (Phi) is 20.2. The molecule has 0 aliphatic heterocycles. The van der Waals surface area contributed by atoms with Crippen LogP contribution in [0, 0.1) is 5.41 Å². The SMILES string of the molecule is C=C(C)C(=O)OCCCc1cc(-c2ccc(CCc3ccc(CCCCC)cc3)cc2CC)cc(CCCOC(=O)C(=C)C)c1OCCC(CO)(CO)CCC. The van der Waals surface area contributed by atoms with Gasteiger partial charge in [0.15, 0.2) is 0 Å². The van der Waals surface area contributed by atoms with Gasteiger partial charge >= 0.3 is 11.9 Å². The van der Waals surface area contributed by atoms with Gasteiger partial charge in [0.2, 0.25) is 0 Å². The maximum Gasteiger partial charge on any atom is 0.333 e. The van der Waals surface area contributed by atoms with E-state index < -0.39 is 17.4 Å². The summed E-state index contributed by atoms with van der Waals surface area (Å²) in [5, 5.41) is 20.4. The van der Waals surface area contributed by atoms with Gasteiger partial charge in [-0.2, -0.15) is 0 Å². The van der Waals surface area contributed by atoms with Crippen molar-refractivity contribution < 1.29 is 34.0 Å². The van der Waals surface area contributed by atoms with E-state index in [-0.39, 0.29) is 26.4 Å². The summed E-state index contributed by atoms with van der Waals surface area (Å²) in [5.41, 5.74) is 9.64.